The van der Waals surface area contributed by atoms with Gasteiger partial charge in [-0.2, -0.15) is 0 Å². The number of rotatable bonds is 2. The summed E-state index contributed by atoms with van der Waals surface area (Å²) in [5.74, 6) is 0. The number of nitrogens with two attached hydrogens (primary N) is 1. The van der Waals surface area contributed by atoms with E-state index in [0.717, 1.165) is 16.1 Å². The number of anilines is 1. The van der Waals surface area contributed by atoms with Crippen molar-refractivity contribution in [2.45, 2.75) is 0 Å². The number of nitrogen functional groups attached to an aromatic ring is 1. The van der Waals surface area contributed by atoms with E-state index >= 15 is 0 Å². The van der Waals surface area contributed by atoms with Gasteiger partial charge in [-0.05, 0) is 35.8 Å². The molecule has 2 heterocycles. The Labute approximate surface area is 130 Å². The molecule has 6 heteroatoms. The average Bonchev–Trinajstić information content (AvgIpc) is 2.96. The largest absolute Gasteiger partial charge is 0.395 e. The molecule has 0 saturated heterocycles. The van der Waals surface area contributed by atoms with Gasteiger partial charge in [0.15, 0.2) is 4.77 Å². The third kappa shape index (κ3) is 2.47. The molecular formula is C14H10ClN3S2. The molecule has 2 aromatic heterocycles. The number of aromatic nitrogens is 2. The van der Waals surface area contributed by atoms with Gasteiger partial charge in [0.25, 0.3) is 0 Å². The number of aromatic amines is 1. The molecule has 3 nitrogen and oxygen atoms in total. The fourth-order valence-electron chi connectivity index (χ4n) is 1.93. The lowest BCUT2D eigenvalue weighted by Crippen LogP contribution is -2.00. The highest BCUT2D eigenvalue weighted by Gasteiger charge is 2.12. The molecule has 20 heavy (non-hydrogen) atoms. The van der Waals surface area contributed by atoms with E-state index in [1.165, 1.54) is 0 Å². The van der Waals surface area contributed by atoms with Crippen LogP contribution in [0.15, 0.2) is 41.8 Å². The first-order valence-corrected chi connectivity index (χ1v) is 7.51. The van der Waals surface area contributed by atoms with Crippen LogP contribution in [0, 0.1) is 4.77 Å². The second-order valence-electron chi connectivity index (χ2n) is 4.16. The molecule has 1 aromatic carbocycles. The van der Waals surface area contributed by atoms with Crippen molar-refractivity contribution >= 4 is 40.8 Å². The number of hydrogen-bond donors (Lipinski definition) is 2. The quantitative estimate of drug-likeness (QED) is 0.669. The van der Waals surface area contributed by atoms with Crippen LogP contribution < -0.4 is 5.73 Å². The Kier molecular flexibility index (Phi) is 3.56. The summed E-state index contributed by atoms with van der Waals surface area (Å²) in [7, 11) is 0. The molecule has 0 saturated carbocycles. The van der Waals surface area contributed by atoms with Crippen molar-refractivity contribution in [1.82, 2.24) is 9.97 Å². The van der Waals surface area contributed by atoms with E-state index in [9.17, 15) is 0 Å². The molecule has 0 fully saturated rings. The Morgan fingerprint density at radius 2 is 1.95 bits per heavy atom. The molecule has 3 N–H and O–H groups in total. The Morgan fingerprint density at radius 3 is 2.60 bits per heavy atom. The molecule has 0 atom stereocenters. The van der Waals surface area contributed by atoms with Gasteiger partial charge in [0.1, 0.15) is 0 Å². The highest BCUT2D eigenvalue weighted by Crippen LogP contribution is 2.34. The predicted molar refractivity (Wildman–Crippen MR) is 87.6 cm³/mol. The number of nitrogens with zero attached hydrogens (tertiary/aromatic N) is 1. The SMILES string of the molecule is Nc1c(-c2ccc(Cl)cc2)nc(=S)[nH]c1-c1cccs1. The molecule has 0 aliphatic heterocycles. The Bertz CT molecular complexity index is 792. The van der Waals surface area contributed by atoms with Crippen LogP contribution in [0.25, 0.3) is 21.8 Å². The second kappa shape index (κ2) is 5.36. The monoisotopic (exact) mass is 319 g/mol. The van der Waals surface area contributed by atoms with E-state index in [0.29, 0.717) is 21.2 Å². The van der Waals surface area contributed by atoms with Gasteiger partial charge in [0, 0.05) is 10.6 Å². The van der Waals surface area contributed by atoms with Crippen molar-refractivity contribution in [1.29, 1.82) is 0 Å². The molecule has 3 aromatic rings. The first-order valence-electron chi connectivity index (χ1n) is 5.85. The predicted octanol–water partition coefficient (Wildman–Crippen LogP) is 4.77. The number of nitrogens with one attached hydrogen (secondary N) is 1. The summed E-state index contributed by atoms with van der Waals surface area (Å²) in [6.07, 6.45) is 0. The average molecular weight is 320 g/mol. The maximum Gasteiger partial charge on any atom is 0.197 e. The molecule has 0 amide bonds. The summed E-state index contributed by atoms with van der Waals surface area (Å²) in [4.78, 5) is 8.44. The molecule has 3 rings (SSSR count). The maximum absolute atomic E-state index is 6.25. The second-order valence-corrected chi connectivity index (χ2v) is 5.93. The number of thiophene rings is 1. The number of hydrogen-bond acceptors (Lipinski definition) is 4. The van der Waals surface area contributed by atoms with Gasteiger partial charge in [0.05, 0.1) is 22.0 Å². The van der Waals surface area contributed by atoms with E-state index < -0.39 is 0 Å². The van der Waals surface area contributed by atoms with E-state index in [4.69, 9.17) is 29.6 Å². The highest BCUT2D eigenvalue weighted by molar-refractivity contribution is 7.71. The van der Waals surface area contributed by atoms with E-state index in [-0.39, 0.29) is 0 Å². The zero-order valence-electron chi connectivity index (χ0n) is 10.3. The fourth-order valence-corrected chi connectivity index (χ4v) is 2.98. The first kappa shape index (κ1) is 13.3. The minimum absolute atomic E-state index is 0.410. The minimum atomic E-state index is 0.410. The number of benzene rings is 1. The van der Waals surface area contributed by atoms with Gasteiger partial charge in [-0.15, -0.1) is 11.3 Å². The molecule has 0 unspecified atom stereocenters. The summed E-state index contributed by atoms with van der Waals surface area (Å²) in [5, 5.41) is 2.67. The lowest BCUT2D eigenvalue weighted by atomic mass is 10.1. The molecule has 0 aliphatic carbocycles. The molecule has 0 aliphatic rings. The molecule has 0 bridgehead atoms. The van der Waals surface area contributed by atoms with Crippen LogP contribution in [0.4, 0.5) is 5.69 Å². The number of H-pyrrole nitrogens is 1. The zero-order chi connectivity index (χ0) is 14.1. The molecular weight excluding hydrogens is 310 g/mol. The zero-order valence-corrected chi connectivity index (χ0v) is 12.6. The van der Waals surface area contributed by atoms with E-state index in [1.807, 2.05) is 41.8 Å². The third-order valence-electron chi connectivity index (χ3n) is 2.85. The maximum atomic E-state index is 6.25. The van der Waals surface area contributed by atoms with Crippen LogP contribution in [0.3, 0.4) is 0 Å². The van der Waals surface area contributed by atoms with Gasteiger partial charge >= 0.3 is 0 Å². The Balaban J connectivity index is 2.22. The summed E-state index contributed by atoms with van der Waals surface area (Å²) in [6, 6.07) is 11.3. The van der Waals surface area contributed by atoms with E-state index in [1.54, 1.807) is 11.3 Å². The van der Waals surface area contributed by atoms with Gasteiger partial charge in [-0.25, -0.2) is 4.98 Å². The van der Waals surface area contributed by atoms with Crippen molar-refractivity contribution in [3.05, 3.63) is 51.6 Å². The Hall–Kier alpha value is -1.69. The van der Waals surface area contributed by atoms with Gasteiger partial charge in [0.2, 0.25) is 0 Å². The van der Waals surface area contributed by atoms with Crippen molar-refractivity contribution < 1.29 is 0 Å². The van der Waals surface area contributed by atoms with Gasteiger partial charge in [-0.3, -0.25) is 0 Å². The fraction of sp³-hybridized carbons (Fsp3) is 0. The van der Waals surface area contributed by atoms with Gasteiger partial charge in [-0.1, -0.05) is 29.8 Å². The highest BCUT2D eigenvalue weighted by atomic mass is 35.5. The van der Waals surface area contributed by atoms with Crippen LogP contribution >= 0.6 is 35.2 Å². The smallest absolute Gasteiger partial charge is 0.197 e. The lowest BCUT2D eigenvalue weighted by molar-refractivity contribution is 1.15. The van der Waals surface area contributed by atoms with Crippen LogP contribution in [-0.2, 0) is 0 Å². The topological polar surface area (TPSA) is 54.7 Å². The van der Waals surface area contributed by atoms with Crippen LogP contribution in [0.2, 0.25) is 5.02 Å². The summed E-state index contributed by atoms with van der Waals surface area (Å²) in [5.41, 5.74) is 9.21. The molecule has 0 spiro atoms. The van der Waals surface area contributed by atoms with Crippen LogP contribution in [0.1, 0.15) is 0 Å². The molecule has 100 valence electrons. The Morgan fingerprint density at radius 1 is 1.20 bits per heavy atom. The molecule has 0 radical (unpaired) electrons. The first-order chi connectivity index (χ1) is 9.65. The third-order valence-corrected chi connectivity index (χ3v) is 4.19. The summed E-state index contributed by atoms with van der Waals surface area (Å²) in [6.45, 7) is 0. The van der Waals surface area contributed by atoms with Crippen LogP contribution in [-0.4, -0.2) is 9.97 Å². The van der Waals surface area contributed by atoms with Crippen molar-refractivity contribution in [2.24, 2.45) is 0 Å². The van der Waals surface area contributed by atoms with Crippen molar-refractivity contribution in [3.8, 4) is 21.8 Å². The summed E-state index contributed by atoms with van der Waals surface area (Å²) < 4.78 is 0.410. The normalized spacial score (nSPS) is 10.7. The van der Waals surface area contributed by atoms with Crippen LogP contribution in [0.5, 0.6) is 0 Å². The van der Waals surface area contributed by atoms with Crippen molar-refractivity contribution in [3.63, 3.8) is 0 Å². The lowest BCUT2D eigenvalue weighted by Gasteiger charge is -2.09. The minimum Gasteiger partial charge on any atom is -0.395 e. The standard InChI is InChI=1S/C14H10ClN3S2/c15-9-5-3-8(4-6-9)12-11(16)13(18-14(19)17-12)10-2-1-7-20-10/h1-7H,16H2,(H,17,18,19). The van der Waals surface area contributed by atoms with Gasteiger partial charge < -0.3 is 10.7 Å². The van der Waals surface area contributed by atoms with Crippen molar-refractivity contribution in [2.75, 3.05) is 5.73 Å². The summed E-state index contributed by atoms with van der Waals surface area (Å²) >= 11 is 12.7. The van der Waals surface area contributed by atoms with E-state index in [2.05, 4.69) is 9.97 Å². The number of halogens is 1.